The molecule has 3 heterocycles. The summed E-state index contributed by atoms with van der Waals surface area (Å²) in [4.78, 5) is 23.5. The molecule has 2 aliphatic heterocycles. The van der Waals surface area contributed by atoms with E-state index >= 15 is 0 Å². The number of carbonyl (C=O) groups is 1. The molecule has 0 aliphatic carbocycles. The molecule has 3 aromatic rings. The zero-order valence-corrected chi connectivity index (χ0v) is 16.0. The molecule has 1 atom stereocenters. The molecule has 140 valence electrons. The number of aromatic nitrogens is 2. The van der Waals surface area contributed by atoms with Crippen LogP contribution in [-0.2, 0) is 10.2 Å². The van der Waals surface area contributed by atoms with Gasteiger partial charge in [-0.2, -0.15) is 0 Å². The number of fused-ring (bicyclic) bond motifs is 4. The number of hydrogen-bond donors (Lipinski definition) is 1. The Kier molecular flexibility index (Phi) is 3.56. The van der Waals surface area contributed by atoms with Crippen LogP contribution >= 0.6 is 0 Å². The summed E-state index contributed by atoms with van der Waals surface area (Å²) in [5, 5.41) is 3.31. The van der Waals surface area contributed by atoms with Crippen molar-refractivity contribution in [2.75, 3.05) is 11.4 Å². The van der Waals surface area contributed by atoms with Crippen molar-refractivity contribution in [1.29, 1.82) is 0 Å². The Morgan fingerprint density at radius 3 is 2.71 bits per heavy atom. The van der Waals surface area contributed by atoms with E-state index in [1.807, 2.05) is 18.2 Å². The predicted octanol–water partition coefficient (Wildman–Crippen LogP) is 3.66. The van der Waals surface area contributed by atoms with Crippen molar-refractivity contribution in [3.63, 3.8) is 0 Å². The van der Waals surface area contributed by atoms with Gasteiger partial charge < -0.3 is 10.2 Å². The van der Waals surface area contributed by atoms with Crippen molar-refractivity contribution in [2.24, 2.45) is 0 Å². The van der Waals surface area contributed by atoms with Crippen molar-refractivity contribution in [1.82, 2.24) is 15.3 Å². The molecule has 0 unspecified atom stereocenters. The van der Waals surface area contributed by atoms with Crippen molar-refractivity contribution >= 4 is 28.7 Å². The molecule has 2 aliphatic rings. The van der Waals surface area contributed by atoms with Crippen LogP contribution in [0.2, 0.25) is 0 Å². The Balaban J connectivity index is 1.62. The van der Waals surface area contributed by atoms with Crippen molar-refractivity contribution in [3.8, 4) is 0 Å². The first-order valence-corrected chi connectivity index (χ1v) is 9.59. The van der Waals surface area contributed by atoms with Crippen LogP contribution in [0.25, 0.3) is 17.1 Å². The monoisotopic (exact) mass is 370 g/mol. The first-order chi connectivity index (χ1) is 13.5. The molecule has 5 rings (SSSR count). The SMILES string of the molecule is CC1(C)c2ccccc2N2CCC(=O)N[C@@]21/C=C/c1ccc2nccnc2c1. The molecule has 0 saturated carbocycles. The van der Waals surface area contributed by atoms with E-state index in [-0.39, 0.29) is 11.3 Å². The van der Waals surface area contributed by atoms with Crippen molar-refractivity contribution in [2.45, 2.75) is 31.3 Å². The Labute approximate surface area is 164 Å². The van der Waals surface area contributed by atoms with E-state index in [1.165, 1.54) is 11.3 Å². The highest BCUT2D eigenvalue weighted by molar-refractivity contribution is 5.85. The molecule has 5 nitrogen and oxygen atoms in total. The van der Waals surface area contributed by atoms with Gasteiger partial charge in [0.1, 0.15) is 5.66 Å². The number of nitrogens with one attached hydrogen (secondary N) is 1. The van der Waals surface area contributed by atoms with E-state index in [0.717, 1.165) is 16.6 Å². The summed E-state index contributed by atoms with van der Waals surface area (Å²) in [5.74, 6) is 0.0890. The van der Waals surface area contributed by atoms with Crippen molar-refractivity contribution < 1.29 is 4.79 Å². The van der Waals surface area contributed by atoms with Gasteiger partial charge in [0.05, 0.1) is 11.0 Å². The average molecular weight is 370 g/mol. The average Bonchev–Trinajstić information content (AvgIpc) is 2.90. The third-order valence-corrected chi connectivity index (χ3v) is 6.15. The van der Waals surface area contributed by atoms with Crippen LogP contribution in [0.5, 0.6) is 0 Å². The van der Waals surface area contributed by atoms with E-state index in [4.69, 9.17) is 0 Å². The Morgan fingerprint density at radius 1 is 1.07 bits per heavy atom. The maximum Gasteiger partial charge on any atom is 0.223 e. The molecular formula is C23H22N4O. The minimum absolute atomic E-state index is 0.0890. The van der Waals surface area contributed by atoms with Gasteiger partial charge >= 0.3 is 0 Å². The molecule has 1 amide bonds. The summed E-state index contributed by atoms with van der Waals surface area (Å²) in [6.07, 6.45) is 8.13. The summed E-state index contributed by atoms with van der Waals surface area (Å²) in [6.45, 7) is 5.11. The number of carbonyl (C=O) groups excluding carboxylic acids is 1. The zero-order valence-electron chi connectivity index (χ0n) is 16.0. The molecule has 1 aromatic heterocycles. The molecule has 5 heteroatoms. The molecule has 1 fully saturated rings. The molecule has 0 spiro atoms. The van der Waals surface area contributed by atoms with Crippen LogP contribution in [0.4, 0.5) is 5.69 Å². The second-order valence-electron chi connectivity index (χ2n) is 8.00. The number of benzene rings is 2. The summed E-state index contributed by atoms with van der Waals surface area (Å²) >= 11 is 0. The van der Waals surface area contributed by atoms with Crippen LogP contribution in [0.1, 0.15) is 31.4 Å². The van der Waals surface area contributed by atoms with Gasteiger partial charge in [0.25, 0.3) is 0 Å². The molecule has 1 saturated heterocycles. The van der Waals surface area contributed by atoms with Gasteiger partial charge in [-0.15, -0.1) is 0 Å². The van der Waals surface area contributed by atoms with Crippen LogP contribution in [0, 0.1) is 0 Å². The lowest BCUT2D eigenvalue weighted by Gasteiger charge is -2.49. The maximum atomic E-state index is 12.4. The molecular weight excluding hydrogens is 348 g/mol. The van der Waals surface area contributed by atoms with Crippen LogP contribution in [0.3, 0.4) is 0 Å². The molecule has 1 N–H and O–H groups in total. The second kappa shape index (κ2) is 5.89. The highest BCUT2D eigenvalue weighted by Crippen LogP contribution is 2.52. The third-order valence-electron chi connectivity index (χ3n) is 6.15. The quantitative estimate of drug-likeness (QED) is 0.748. The van der Waals surface area contributed by atoms with E-state index in [9.17, 15) is 4.79 Å². The van der Waals surface area contributed by atoms with Gasteiger partial charge in [-0.1, -0.05) is 44.2 Å². The minimum Gasteiger partial charge on any atom is -0.344 e. The molecule has 2 aromatic carbocycles. The Hall–Kier alpha value is -3.21. The summed E-state index contributed by atoms with van der Waals surface area (Å²) in [7, 11) is 0. The van der Waals surface area contributed by atoms with Gasteiger partial charge in [0.2, 0.25) is 5.91 Å². The van der Waals surface area contributed by atoms with Gasteiger partial charge in [-0.25, -0.2) is 0 Å². The molecule has 0 bridgehead atoms. The summed E-state index contributed by atoms with van der Waals surface area (Å²) in [5.41, 5.74) is 4.36. The Bertz CT molecular complexity index is 1120. The first-order valence-electron chi connectivity index (χ1n) is 9.59. The number of nitrogens with zero attached hydrogens (tertiary/aromatic N) is 3. The fourth-order valence-corrected chi connectivity index (χ4v) is 4.62. The predicted molar refractivity (Wildman–Crippen MR) is 111 cm³/mol. The van der Waals surface area contributed by atoms with Crippen LogP contribution in [-0.4, -0.2) is 28.1 Å². The van der Waals surface area contributed by atoms with Gasteiger partial charge in [-0.05, 0) is 35.4 Å². The lowest BCUT2D eigenvalue weighted by atomic mass is 9.74. The van der Waals surface area contributed by atoms with Gasteiger partial charge in [0, 0.05) is 36.5 Å². The van der Waals surface area contributed by atoms with E-state index < -0.39 is 5.66 Å². The maximum absolute atomic E-state index is 12.4. The summed E-state index contributed by atoms with van der Waals surface area (Å²) < 4.78 is 0. The van der Waals surface area contributed by atoms with E-state index in [0.29, 0.717) is 13.0 Å². The largest absolute Gasteiger partial charge is 0.344 e. The van der Waals surface area contributed by atoms with Gasteiger partial charge in [0.15, 0.2) is 0 Å². The van der Waals surface area contributed by atoms with Crippen LogP contribution < -0.4 is 10.2 Å². The highest BCUT2D eigenvalue weighted by atomic mass is 16.2. The number of anilines is 1. The standard InChI is InChI=1S/C23H22N4O/c1-22(2)17-5-3-4-6-20(17)27-14-10-21(28)26-23(22,27)11-9-16-7-8-18-19(15-16)25-13-12-24-18/h3-9,11-13,15H,10,14H2,1-2H3,(H,26,28)/b11-9+/t23-/m0/s1. The number of amides is 1. The molecule has 0 radical (unpaired) electrons. The van der Waals surface area contributed by atoms with Gasteiger partial charge in [-0.3, -0.25) is 14.8 Å². The Morgan fingerprint density at radius 2 is 1.86 bits per heavy atom. The zero-order chi connectivity index (χ0) is 19.4. The second-order valence-corrected chi connectivity index (χ2v) is 8.00. The smallest absolute Gasteiger partial charge is 0.223 e. The molecule has 28 heavy (non-hydrogen) atoms. The lowest BCUT2D eigenvalue weighted by Crippen LogP contribution is -2.68. The van der Waals surface area contributed by atoms with Crippen molar-refractivity contribution in [3.05, 3.63) is 72.1 Å². The summed E-state index contributed by atoms with van der Waals surface area (Å²) in [6, 6.07) is 14.5. The first kappa shape index (κ1) is 16.9. The number of rotatable bonds is 2. The lowest BCUT2D eigenvalue weighted by molar-refractivity contribution is -0.124. The highest BCUT2D eigenvalue weighted by Gasteiger charge is 2.57. The minimum atomic E-state index is -0.594. The topological polar surface area (TPSA) is 58.1 Å². The van der Waals surface area contributed by atoms with Crippen LogP contribution in [0.15, 0.2) is 60.9 Å². The van der Waals surface area contributed by atoms with E-state index in [1.54, 1.807) is 12.4 Å². The fourth-order valence-electron chi connectivity index (χ4n) is 4.62. The van der Waals surface area contributed by atoms with E-state index in [2.05, 4.69) is 70.4 Å². The number of hydrogen-bond acceptors (Lipinski definition) is 4. The number of para-hydroxylation sites is 1. The third kappa shape index (κ3) is 2.29. The fraction of sp³-hybridized carbons (Fsp3) is 0.261. The normalized spacial score (nSPS) is 22.9.